The second-order valence-corrected chi connectivity index (χ2v) is 22.0. The first kappa shape index (κ1) is 72.1. The predicted molar refractivity (Wildman–Crippen MR) is 325 cm³/mol. The summed E-state index contributed by atoms with van der Waals surface area (Å²) in [4.78, 5) is 38.3. The molecule has 6 heteroatoms. The third-order valence-corrected chi connectivity index (χ3v) is 14.5. The molecule has 0 aliphatic heterocycles. The lowest BCUT2D eigenvalue weighted by Crippen LogP contribution is -2.30. The van der Waals surface area contributed by atoms with E-state index in [1.54, 1.807) is 0 Å². The molecule has 436 valence electrons. The minimum Gasteiger partial charge on any atom is -0.462 e. The monoisotopic (exact) mass is 1050 g/mol. The molecular formula is C69H124O6. The highest BCUT2D eigenvalue weighted by atomic mass is 16.6. The SMILES string of the molecule is CC/C=C\C/C=C\C/C=C\C/C=C\CCCCCCCCCCCCCCC(=O)OCC(COC(=O)CCCCCCCCCCCCCCCCC)OC(=O)CCCCCCCCC/C=C\CCCCCCCC. The second kappa shape index (κ2) is 63.6. The number of allylic oxidation sites excluding steroid dienone is 10. The molecule has 0 amide bonds. The van der Waals surface area contributed by atoms with E-state index in [4.69, 9.17) is 14.2 Å². The van der Waals surface area contributed by atoms with Crippen LogP contribution in [0.1, 0.15) is 342 Å². The lowest BCUT2D eigenvalue weighted by Gasteiger charge is -2.18. The summed E-state index contributed by atoms with van der Waals surface area (Å²) < 4.78 is 17.0. The number of hydrogen-bond donors (Lipinski definition) is 0. The third-order valence-electron chi connectivity index (χ3n) is 14.5. The summed E-state index contributed by atoms with van der Waals surface area (Å²) in [6, 6.07) is 0. The van der Waals surface area contributed by atoms with Crippen LogP contribution in [0.3, 0.4) is 0 Å². The van der Waals surface area contributed by atoms with Crippen LogP contribution in [0.15, 0.2) is 60.8 Å². The molecule has 0 radical (unpaired) electrons. The predicted octanol–water partition coefficient (Wildman–Crippen LogP) is 22.3. The third kappa shape index (κ3) is 61.8. The van der Waals surface area contributed by atoms with Crippen LogP contribution in [0.2, 0.25) is 0 Å². The molecule has 6 nitrogen and oxygen atoms in total. The van der Waals surface area contributed by atoms with Gasteiger partial charge in [-0.15, -0.1) is 0 Å². The maximum Gasteiger partial charge on any atom is 0.306 e. The minimum absolute atomic E-state index is 0.0719. The maximum atomic E-state index is 12.9. The molecule has 0 saturated heterocycles. The van der Waals surface area contributed by atoms with Crippen LogP contribution >= 0.6 is 0 Å². The minimum atomic E-state index is -0.776. The molecule has 0 aromatic heterocycles. The topological polar surface area (TPSA) is 78.9 Å². The van der Waals surface area contributed by atoms with Crippen molar-refractivity contribution >= 4 is 17.9 Å². The van der Waals surface area contributed by atoms with E-state index < -0.39 is 6.10 Å². The number of esters is 3. The summed E-state index contributed by atoms with van der Waals surface area (Å²) in [5.74, 6) is -0.857. The Kier molecular flexibility index (Phi) is 61.2. The average Bonchev–Trinajstić information content (AvgIpc) is 3.41. The number of carbonyl (C=O) groups excluding carboxylic acids is 3. The zero-order chi connectivity index (χ0) is 54.3. The standard InChI is InChI=1S/C69H124O6/c1-4-7-10-13-16-19-22-25-28-30-31-32-33-34-35-36-37-39-41-44-47-50-53-56-59-62-68(71)74-65-66(64-73-67(70)61-58-55-52-49-46-43-40-27-24-21-18-15-12-9-6-3)75-69(72)63-60-57-54-51-48-45-42-38-29-26-23-20-17-14-11-8-5-2/h7,10,16,19,25-26,28-29,31-32,66H,4-6,8-9,11-15,17-18,20-24,27,30,33-65H2,1-3H3/b10-7-,19-16-,28-25-,29-26-,32-31-. The van der Waals surface area contributed by atoms with Crippen molar-refractivity contribution in [3.63, 3.8) is 0 Å². The first-order valence-electron chi connectivity index (χ1n) is 32.8. The zero-order valence-electron chi connectivity index (χ0n) is 50.1. The van der Waals surface area contributed by atoms with Gasteiger partial charge in [0.25, 0.3) is 0 Å². The summed E-state index contributed by atoms with van der Waals surface area (Å²) in [7, 11) is 0. The van der Waals surface area contributed by atoms with E-state index in [2.05, 4.69) is 81.5 Å². The van der Waals surface area contributed by atoms with Gasteiger partial charge in [-0.05, 0) is 83.5 Å². The lowest BCUT2D eigenvalue weighted by atomic mass is 10.0. The van der Waals surface area contributed by atoms with Crippen molar-refractivity contribution in [3.05, 3.63) is 60.8 Å². The molecule has 0 bridgehead atoms. The molecule has 0 saturated carbocycles. The van der Waals surface area contributed by atoms with Crippen molar-refractivity contribution in [2.24, 2.45) is 0 Å². The molecule has 0 spiro atoms. The summed E-state index contributed by atoms with van der Waals surface area (Å²) in [6.07, 6.45) is 80.8. The van der Waals surface area contributed by atoms with Crippen LogP contribution in [0.5, 0.6) is 0 Å². The smallest absolute Gasteiger partial charge is 0.306 e. The number of rotatable bonds is 60. The van der Waals surface area contributed by atoms with Crippen LogP contribution in [-0.4, -0.2) is 37.2 Å². The van der Waals surface area contributed by atoms with Gasteiger partial charge >= 0.3 is 17.9 Å². The van der Waals surface area contributed by atoms with Gasteiger partial charge in [-0.3, -0.25) is 14.4 Å². The van der Waals surface area contributed by atoms with Crippen LogP contribution in [0.4, 0.5) is 0 Å². The summed E-state index contributed by atoms with van der Waals surface area (Å²) in [5.41, 5.74) is 0. The molecular weight excluding hydrogens is 925 g/mol. The van der Waals surface area contributed by atoms with Gasteiger partial charge in [0.05, 0.1) is 0 Å². The van der Waals surface area contributed by atoms with Gasteiger partial charge < -0.3 is 14.2 Å². The van der Waals surface area contributed by atoms with Crippen molar-refractivity contribution in [3.8, 4) is 0 Å². The van der Waals surface area contributed by atoms with Crippen molar-refractivity contribution in [1.29, 1.82) is 0 Å². The first-order chi connectivity index (χ1) is 37.0. The molecule has 0 fully saturated rings. The van der Waals surface area contributed by atoms with Gasteiger partial charge in [0.2, 0.25) is 0 Å². The summed E-state index contributed by atoms with van der Waals surface area (Å²) >= 11 is 0. The van der Waals surface area contributed by atoms with E-state index in [1.807, 2.05) is 0 Å². The number of hydrogen-bond acceptors (Lipinski definition) is 6. The molecule has 0 aromatic carbocycles. The van der Waals surface area contributed by atoms with E-state index in [0.717, 1.165) is 83.5 Å². The first-order valence-corrected chi connectivity index (χ1v) is 32.8. The van der Waals surface area contributed by atoms with Gasteiger partial charge in [0.1, 0.15) is 13.2 Å². The molecule has 0 aliphatic carbocycles. The molecule has 0 rings (SSSR count). The highest BCUT2D eigenvalue weighted by molar-refractivity contribution is 5.71. The number of unbranched alkanes of at least 4 members (excludes halogenated alkanes) is 39. The quantitative estimate of drug-likeness (QED) is 0.0261. The van der Waals surface area contributed by atoms with Crippen molar-refractivity contribution in [1.82, 2.24) is 0 Å². The Morgan fingerprint density at radius 3 is 0.827 bits per heavy atom. The lowest BCUT2D eigenvalue weighted by molar-refractivity contribution is -0.167. The summed E-state index contributed by atoms with van der Waals surface area (Å²) in [6.45, 7) is 6.57. The van der Waals surface area contributed by atoms with E-state index in [0.29, 0.717) is 19.3 Å². The maximum absolute atomic E-state index is 12.9. The highest BCUT2D eigenvalue weighted by Gasteiger charge is 2.19. The van der Waals surface area contributed by atoms with E-state index in [9.17, 15) is 14.4 Å². The molecule has 1 atom stereocenters. The van der Waals surface area contributed by atoms with Crippen LogP contribution in [-0.2, 0) is 28.6 Å². The Morgan fingerprint density at radius 1 is 0.280 bits per heavy atom. The Morgan fingerprint density at radius 2 is 0.520 bits per heavy atom. The van der Waals surface area contributed by atoms with E-state index >= 15 is 0 Å². The zero-order valence-corrected chi connectivity index (χ0v) is 50.1. The molecule has 1 unspecified atom stereocenters. The second-order valence-electron chi connectivity index (χ2n) is 22.0. The van der Waals surface area contributed by atoms with Crippen molar-refractivity contribution in [2.75, 3.05) is 13.2 Å². The molecule has 0 heterocycles. The van der Waals surface area contributed by atoms with Gasteiger partial charge in [-0.2, -0.15) is 0 Å². The Balaban J connectivity index is 4.29. The van der Waals surface area contributed by atoms with E-state index in [-0.39, 0.29) is 31.1 Å². The Hall–Kier alpha value is -2.89. The number of carbonyl (C=O) groups is 3. The van der Waals surface area contributed by atoms with Crippen LogP contribution in [0.25, 0.3) is 0 Å². The largest absolute Gasteiger partial charge is 0.462 e. The van der Waals surface area contributed by atoms with Gasteiger partial charge in [0, 0.05) is 19.3 Å². The fraction of sp³-hybridized carbons (Fsp3) is 0.812. The fourth-order valence-electron chi connectivity index (χ4n) is 9.61. The van der Waals surface area contributed by atoms with E-state index in [1.165, 1.54) is 218 Å². The molecule has 0 N–H and O–H groups in total. The summed E-state index contributed by atoms with van der Waals surface area (Å²) in [5, 5.41) is 0. The fourth-order valence-corrected chi connectivity index (χ4v) is 9.61. The normalized spacial score (nSPS) is 12.4. The van der Waals surface area contributed by atoms with Crippen molar-refractivity contribution in [2.45, 2.75) is 348 Å². The molecule has 0 aliphatic rings. The Labute approximate surface area is 466 Å². The van der Waals surface area contributed by atoms with Crippen LogP contribution < -0.4 is 0 Å². The molecule has 0 aromatic rings. The highest BCUT2D eigenvalue weighted by Crippen LogP contribution is 2.17. The number of ether oxygens (including phenoxy) is 3. The van der Waals surface area contributed by atoms with Gasteiger partial charge in [-0.25, -0.2) is 0 Å². The van der Waals surface area contributed by atoms with Gasteiger partial charge in [0.15, 0.2) is 6.10 Å². The molecule has 75 heavy (non-hydrogen) atoms. The van der Waals surface area contributed by atoms with Gasteiger partial charge in [-0.1, -0.05) is 300 Å². The van der Waals surface area contributed by atoms with Crippen LogP contribution in [0, 0.1) is 0 Å². The average molecular weight is 1050 g/mol. The Bertz CT molecular complexity index is 1340. The van der Waals surface area contributed by atoms with Crippen molar-refractivity contribution < 1.29 is 28.6 Å².